The summed E-state index contributed by atoms with van der Waals surface area (Å²) in [4.78, 5) is 4.38. The van der Waals surface area contributed by atoms with Crippen molar-refractivity contribution in [2.45, 2.75) is 18.5 Å². The molecular formula is C16H20N2O2. The van der Waals surface area contributed by atoms with Crippen LogP contribution in [0.5, 0.6) is 0 Å². The highest BCUT2D eigenvalue weighted by Crippen LogP contribution is 2.22. The Morgan fingerprint density at radius 2 is 1.70 bits per heavy atom. The van der Waals surface area contributed by atoms with Crippen LogP contribution in [0.15, 0.2) is 54.7 Å². The molecule has 20 heavy (non-hydrogen) atoms. The molecule has 2 aromatic rings. The lowest BCUT2D eigenvalue weighted by Gasteiger charge is -2.32. The van der Waals surface area contributed by atoms with Crippen LogP contribution in [0.3, 0.4) is 0 Å². The van der Waals surface area contributed by atoms with Gasteiger partial charge in [-0.05, 0) is 24.6 Å². The first-order chi connectivity index (χ1) is 9.68. The van der Waals surface area contributed by atoms with E-state index in [1.807, 2.05) is 48.5 Å². The van der Waals surface area contributed by atoms with Gasteiger partial charge in [0.15, 0.2) is 0 Å². The maximum Gasteiger partial charge on any atom is 0.0756 e. The van der Waals surface area contributed by atoms with E-state index in [9.17, 15) is 10.2 Å². The third kappa shape index (κ3) is 3.42. The molecule has 0 saturated heterocycles. The van der Waals surface area contributed by atoms with E-state index in [4.69, 9.17) is 0 Å². The first-order valence-corrected chi connectivity index (χ1v) is 6.64. The normalized spacial score (nSPS) is 13.2. The summed E-state index contributed by atoms with van der Waals surface area (Å²) in [5.74, 6) is 0. The van der Waals surface area contributed by atoms with Crippen molar-refractivity contribution >= 4 is 0 Å². The topological polar surface area (TPSA) is 65.4 Å². The average Bonchev–Trinajstić information content (AvgIpc) is 2.54. The van der Waals surface area contributed by atoms with Crippen LogP contribution in [0.2, 0.25) is 0 Å². The van der Waals surface area contributed by atoms with Crippen LogP contribution in [0.1, 0.15) is 24.2 Å². The van der Waals surface area contributed by atoms with Gasteiger partial charge >= 0.3 is 0 Å². The summed E-state index contributed by atoms with van der Waals surface area (Å²) in [5, 5.41) is 22.3. The average molecular weight is 272 g/mol. The van der Waals surface area contributed by atoms with Gasteiger partial charge in [0.05, 0.1) is 30.5 Å². The van der Waals surface area contributed by atoms with Crippen molar-refractivity contribution in [2.24, 2.45) is 0 Å². The van der Waals surface area contributed by atoms with Gasteiger partial charge in [0.25, 0.3) is 0 Å². The van der Waals surface area contributed by atoms with Crippen molar-refractivity contribution in [3.63, 3.8) is 0 Å². The fourth-order valence-corrected chi connectivity index (χ4v) is 2.01. The highest BCUT2D eigenvalue weighted by Gasteiger charge is 2.28. The van der Waals surface area contributed by atoms with Crippen LogP contribution in [-0.4, -0.2) is 33.9 Å². The van der Waals surface area contributed by atoms with E-state index < -0.39 is 5.54 Å². The number of rotatable bonds is 6. The molecule has 1 unspecified atom stereocenters. The highest BCUT2D eigenvalue weighted by molar-refractivity contribution is 5.28. The highest BCUT2D eigenvalue weighted by atomic mass is 16.3. The molecule has 0 fully saturated rings. The maximum atomic E-state index is 9.49. The molecular weight excluding hydrogens is 252 g/mol. The maximum absolute atomic E-state index is 9.49. The number of aromatic nitrogens is 1. The summed E-state index contributed by atoms with van der Waals surface area (Å²) in [5.41, 5.74) is 1.13. The Labute approximate surface area is 119 Å². The Balaban J connectivity index is 2.35. The summed E-state index contributed by atoms with van der Waals surface area (Å²) in [7, 11) is 0. The predicted octanol–water partition coefficient (Wildman–Crippen LogP) is 1.50. The van der Waals surface area contributed by atoms with Gasteiger partial charge in [0.1, 0.15) is 0 Å². The van der Waals surface area contributed by atoms with Crippen LogP contribution in [0.25, 0.3) is 0 Å². The Hall–Kier alpha value is -1.75. The van der Waals surface area contributed by atoms with Gasteiger partial charge in [0, 0.05) is 6.20 Å². The third-order valence-electron chi connectivity index (χ3n) is 3.31. The smallest absolute Gasteiger partial charge is 0.0756 e. The summed E-state index contributed by atoms with van der Waals surface area (Å²) in [6.07, 6.45) is 1.74. The molecule has 0 bridgehead atoms. The Morgan fingerprint density at radius 1 is 1.05 bits per heavy atom. The lowest BCUT2D eigenvalue weighted by Crippen LogP contribution is -2.50. The van der Waals surface area contributed by atoms with Crippen LogP contribution < -0.4 is 5.32 Å². The Bertz CT molecular complexity index is 473. The van der Waals surface area contributed by atoms with E-state index in [0.29, 0.717) is 0 Å². The molecule has 1 aromatic carbocycles. The molecule has 0 aliphatic rings. The SMILES string of the molecule is CC(CO)(CO)NC(c1ccccc1)c1ccccn1. The predicted molar refractivity (Wildman–Crippen MR) is 78.2 cm³/mol. The minimum Gasteiger partial charge on any atom is -0.394 e. The van der Waals surface area contributed by atoms with Gasteiger partial charge in [-0.25, -0.2) is 0 Å². The van der Waals surface area contributed by atoms with Crippen molar-refractivity contribution in [3.8, 4) is 0 Å². The van der Waals surface area contributed by atoms with E-state index in [-0.39, 0.29) is 19.3 Å². The lowest BCUT2D eigenvalue weighted by atomic mass is 9.97. The van der Waals surface area contributed by atoms with Crippen molar-refractivity contribution < 1.29 is 10.2 Å². The quantitative estimate of drug-likeness (QED) is 0.745. The number of benzene rings is 1. The largest absolute Gasteiger partial charge is 0.394 e. The van der Waals surface area contributed by atoms with Gasteiger partial charge in [-0.2, -0.15) is 0 Å². The molecule has 4 nitrogen and oxygen atoms in total. The number of aliphatic hydroxyl groups is 2. The monoisotopic (exact) mass is 272 g/mol. The van der Waals surface area contributed by atoms with Gasteiger partial charge in [-0.3, -0.25) is 10.3 Å². The zero-order valence-corrected chi connectivity index (χ0v) is 11.5. The molecule has 0 radical (unpaired) electrons. The Morgan fingerprint density at radius 3 is 2.25 bits per heavy atom. The third-order valence-corrected chi connectivity index (χ3v) is 3.31. The Kier molecular flexibility index (Phi) is 4.84. The number of nitrogens with zero attached hydrogens (tertiary/aromatic N) is 1. The summed E-state index contributed by atoms with van der Waals surface area (Å²) < 4.78 is 0. The molecule has 3 N–H and O–H groups in total. The molecule has 1 atom stereocenters. The van der Waals surface area contributed by atoms with Crippen LogP contribution in [0.4, 0.5) is 0 Å². The van der Waals surface area contributed by atoms with E-state index in [1.165, 1.54) is 0 Å². The second-order valence-corrected chi connectivity index (χ2v) is 5.12. The van der Waals surface area contributed by atoms with Crippen LogP contribution >= 0.6 is 0 Å². The molecule has 1 aromatic heterocycles. The number of hydrogen-bond donors (Lipinski definition) is 3. The first-order valence-electron chi connectivity index (χ1n) is 6.64. The first kappa shape index (κ1) is 14.7. The minimum atomic E-state index is -0.766. The van der Waals surface area contributed by atoms with E-state index in [1.54, 1.807) is 13.1 Å². The van der Waals surface area contributed by atoms with Crippen molar-refractivity contribution in [3.05, 3.63) is 66.0 Å². The van der Waals surface area contributed by atoms with Crippen LogP contribution in [0, 0.1) is 0 Å². The fraction of sp³-hybridized carbons (Fsp3) is 0.312. The zero-order valence-electron chi connectivity index (χ0n) is 11.5. The summed E-state index contributed by atoms with van der Waals surface area (Å²) >= 11 is 0. The number of aliphatic hydroxyl groups excluding tert-OH is 2. The minimum absolute atomic E-state index is 0.153. The van der Waals surface area contributed by atoms with E-state index in [2.05, 4.69) is 10.3 Å². The molecule has 0 spiro atoms. The standard InChI is InChI=1S/C16H20N2O2/c1-16(11-19,12-20)18-15(13-7-3-2-4-8-13)14-9-5-6-10-17-14/h2-10,15,18-20H,11-12H2,1H3. The molecule has 0 aliphatic heterocycles. The van der Waals surface area contributed by atoms with E-state index in [0.717, 1.165) is 11.3 Å². The summed E-state index contributed by atoms with van der Waals surface area (Å²) in [6, 6.07) is 15.4. The molecule has 2 rings (SSSR count). The van der Waals surface area contributed by atoms with Crippen molar-refractivity contribution in [1.82, 2.24) is 10.3 Å². The second-order valence-electron chi connectivity index (χ2n) is 5.12. The van der Waals surface area contributed by atoms with E-state index >= 15 is 0 Å². The van der Waals surface area contributed by atoms with Crippen molar-refractivity contribution in [1.29, 1.82) is 0 Å². The second kappa shape index (κ2) is 6.61. The van der Waals surface area contributed by atoms with Gasteiger partial charge in [-0.1, -0.05) is 36.4 Å². The molecule has 1 heterocycles. The lowest BCUT2D eigenvalue weighted by molar-refractivity contribution is 0.0974. The summed E-state index contributed by atoms with van der Waals surface area (Å²) in [6.45, 7) is 1.48. The molecule has 0 saturated carbocycles. The zero-order chi connectivity index (χ0) is 14.4. The van der Waals surface area contributed by atoms with Gasteiger partial charge in [0.2, 0.25) is 0 Å². The van der Waals surface area contributed by atoms with Gasteiger partial charge in [-0.15, -0.1) is 0 Å². The molecule has 4 heteroatoms. The molecule has 0 amide bonds. The number of nitrogens with one attached hydrogen (secondary N) is 1. The van der Waals surface area contributed by atoms with Gasteiger partial charge < -0.3 is 10.2 Å². The molecule has 0 aliphatic carbocycles. The van der Waals surface area contributed by atoms with Crippen LogP contribution in [-0.2, 0) is 0 Å². The van der Waals surface area contributed by atoms with Crippen molar-refractivity contribution in [2.75, 3.05) is 13.2 Å². The fourth-order valence-electron chi connectivity index (χ4n) is 2.01. The molecule has 106 valence electrons. The number of hydrogen-bond acceptors (Lipinski definition) is 4. The number of pyridine rings is 1.